The number of rotatable bonds is 3. The van der Waals surface area contributed by atoms with Gasteiger partial charge in [-0.15, -0.1) is 11.3 Å². The summed E-state index contributed by atoms with van der Waals surface area (Å²) in [5.74, 6) is -3.72. The summed E-state index contributed by atoms with van der Waals surface area (Å²) in [6.07, 6.45) is 0. The van der Waals surface area contributed by atoms with Crippen LogP contribution in [0.15, 0.2) is 23.6 Å². The number of halogens is 3. The van der Waals surface area contributed by atoms with Gasteiger partial charge >= 0.3 is 5.97 Å². The average Bonchev–Trinajstić information content (AvgIpc) is 2.90. The molecule has 8 heteroatoms. The summed E-state index contributed by atoms with van der Waals surface area (Å²) in [5.41, 5.74) is -0.0322. The van der Waals surface area contributed by atoms with Crippen molar-refractivity contribution in [1.29, 1.82) is 0 Å². The van der Waals surface area contributed by atoms with Crippen LogP contribution >= 0.6 is 22.9 Å². The highest BCUT2D eigenvalue weighted by molar-refractivity contribution is 7.12. The molecule has 0 radical (unpaired) electrons. The minimum Gasteiger partial charge on any atom is -0.465 e. The van der Waals surface area contributed by atoms with Gasteiger partial charge in [-0.25, -0.2) is 13.6 Å². The maximum absolute atomic E-state index is 13.2. The Morgan fingerprint density at radius 1 is 1.29 bits per heavy atom. The lowest BCUT2D eigenvalue weighted by molar-refractivity contribution is 0.0607. The average molecular weight is 332 g/mol. The van der Waals surface area contributed by atoms with Crippen LogP contribution in [0.4, 0.5) is 14.5 Å². The molecule has 21 heavy (non-hydrogen) atoms. The molecular weight excluding hydrogens is 324 g/mol. The Kier molecular flexibility index (Phi) is 4.54. The van der Waals surface area contributed by atoms with E-state index in [4.69, 9.17) is 11.6 Å². The van der Waals surface area contributed by atoms with E-state index in [2.05, 4.69) is 10.1 Å². The van der Waals surface area contributed by atoms with E-state index in [1.807, 2.05) is 0 Å². The fraction of sp³-hybridized carbons (Fsp3) is 0.0769. The lowest BCUT2D eigenvalue weighted by Gasteiger charge is -2.07. The monoisotopic (exact) mass is 331 g/mol. The second kappa shape index (κ2) is 6.19. The predicted octanol–water partition coefficient (Wildman–Crippen LogP) is 3.72. The summed E-state index contributed by atoms with van der Waals surface area (Å²) < 4.78 is 30.7. The van der Waals surface area contributed by atoms with Gasteiger partial charge in [-0.05, 0) is 23.6 Å². The third-order valence-electron chi connectivity index (χ3n) is 2.54. The number of carbonyl (C=O) groups is 2. The van der Waals surface area contributed by atoms with Crippen LogP contribution in [-0.2, 0) is 4.74 Å². The first kappa shape index (κ1) is 15.4. The minimum absolute atomic E-state index is 0.185. The van der Waals surface area contributed by atoms with Crippen LogP contribution in [0, 0.1) is 11.6 Å². The van der Waals surface area contributed by atoms with Gasteiger partial charge in [0.2, 0.25) is 0 Å². The van der Waals surface area contributed by atoms with E-state index in [9.17, 15) is 18.4 Å². The Balaban J connectivity index is 2.29. The van der Waals surface area contributed by atoms with Crippen molar-refractivity contribution in [1.82, 2.24) is 0 Å². The molecule has 4 nitrogen and oxygen atoms in total. The van der Waals surface area contributed by atoms with Gasteiger partial charge in [0.15, 0.2) is 11.6 Å². The van der Waals surface area contributed by atoms with Crippen molar-refractivity contribution in [2.75, 3.05) is 12.4 Å². The summed E-state index contributed by atoms with van der Waals surface area (Å²) in [5, 5.41) is 3.75. The molecule has 0 unspecified atom stereocenters. The molecule has 0 saturated heterocycles. The number of benzene rings is 1. The van der Waals surface area contributed by atoms with E-state index in [1.54, 1.807) is 5.38 Å². The van der Waals surface area contributed by atoms with Gasteiger partial charge in [-0.2, -0.15) is 0 Å². The summed E-state index contributed by atoms with van der Waals surface area (Å²) in [4.78, 5) is 23.7. The first-order valence-electron chi connectivity index (χ1n) is 5.55. The molecule has 110 valence electrons. The SMILES string of the molecule is COC(=O)c1sccc1NC(=O)c1cc(F)c(F)cc1Cl. The first-order valence-corrected chi connectivity index (χ1v) is 6.81. The first-order chi connectivity index (χ1) is 9.93. The zero-order valence-corrected chi connectivity index (χ0v) is 12.1. The molecule has 1 aromatic heterocycles. The number of thiophene rings is 1. The standard InChI is InChI=1S/C13H8ClF2NO3S/c1-20-13(19)11-10(2-3-21-11)17-12(18)6-4-8(15)9(16)5-7(6)14/h2-5H,1H3,(H,17,18). The van der Waals surface area contributed by atoms with Crippen LogP contribution in [-0.4, -0.2) is 19.0 Å². The maximum atomic E-state index is 13.2. The van der Waals surface area contributed by atoms with Crippen molar-refractivity contribution in [2.45, 2.75) is 0 Å². The van der Waals surface area contributed by atoms with Crippen molar-refractivity contribution >= 4 is 40.5 Å². The number of hydrogen-bond acceptors (Lipinski definition) is 4. The Hall–Kier alpha value is -1.99. The van der Waals surface area contributed by atoms with E-state index in [1.165, 1.54) is 13.2 Å². The Morgan fingerprint density at radius 2 is 1.95 bits per heavy atom. The van der Waals surface area contributed by atoms with E-state index in [0.717, 1.165) is 11.3 Å². The van der Waals surface area contributed by atoms with Crippen molar-refractivity contribution in [3.63, 3.8) is 0 Å². The molecule has 0 atom stereocenters. The van der Waals surface area contributed by atoms with Gasteiger partial charge in [-0.3, -0.25) is 4.79 Å². The van der Waals surface area contributed by atoms with Gasteiger partial charge in [0.1, 0.15) is 4.88 Å². The highest BCUT2D eigenvalue weighted by Crippen LogP contribution is 2.26. The fourth-order valence-electron chi connectivity index (χ4n) is 1.54. The zero-order chi connectivity index (χ0) is 15.6. The molecule has 0 bridgehead atoms. The van der Waals surface area contributed by atoms with Crippen LogP contribution < -0.4 is 5.32 Å². The predicted molar refractivity (Wildman–Crippen MR) is 75.0 cm³/mol. The molecule has 0 aliphatic carbocycles. The smallest absolute Gasteiger partial charge is 0.350 e. The normalized spacial score (nSPS) is 10.3. The van der Waals surface area contributed by atoms with E-state index >= 15 is 0 Å². The molecule has 1 amide bonds. The number of hydrogen-bond donors (Lipinski definition) is 1. The fourth-order valence-corrected chi connectivity index (χ4v) is 2.55. The lowest BCUT2D eigenvalue weighted by Crippen LogP contribution is -2.15. The van der Waals surface area contributed by atoms with Crippen LogP contribution in [0.2, 0.25) is 5.02 Å². The van der Waals surface area contributed by atoms with Crippen LogP contribution in [0.1, 0.15) is 20.0 Å². The topological polar surface area (TPSA) is 55.4 Å². The zero-order valence-electron chi connectivity index (χ0n) is 10.6. The Labute approximate surface area is 127 Å². The molecule has 1 aromatic carbocycles. The van der Waals surface area contributed by atoms with Crippen LogP contribution in [0.25, 0.3) is 0 Å². The molecule has 1 N–H and O–H groups in total. The van der Waals surface area contributed by atoms with E-state index < -0.39 is 23.5 Å². The number of ether oxygens (including phenoxy) is 1. The van der Waals surface area contributed by atoms with E-state index in [0.29, 0.717) is 12.1 Å². The summed E-state index contributed by atoms with van der Waals surface area (Å²) in [6.45, 7) is 0. The quantitative estimate of drug-likeness (QED) is 0.689. The Bertz CT molecular complexity index is 717. The molecule has 0 saturated carbocycles. The largest absolute Gasteiger partial charge is 0.465 e. The second-order valence-corrected chi connectivity index (χ2v) is 5.18. The molecule has 0 fully saturated rings. The number of methoxy groups -OCH3 is 1. The van der Waals surface area contributed by atoms with Crippen LogP contribution in [0.3, 0.4) is 0 Å². The Morgan fingerprint density at radius 3 is 2.62 bits per heavy atom. The third kappa shape index (κ3) is 3.20. The van der Waals surface area contributed by atoms with Crippen molar-refractivity contribution in [3.8, 4) is 0 Å². The van der Waals surface area contributed by atoms with Gasteiger partial charge in [0.05, 0.1) is 23.4 Å². The molecule has 0 spiro atoms. The second-order valence-electron chi connectivity index (χ2n) is 3.86. The number of carbonyl (C=O) groups excluding carboxylic acids is 2. The maximum Gasteiger partial charge on any atom is 0.350 e. The third-order valence-corrected chi connectivity index (χ3v) is 3.75. The molecule has 2 aromatic rings. The van der Waals surface area contributed by atoms with Gasteiger partial charge in [-0.1, -0.05) is 11.6 Å². The summed E-state index contributed by atoms with van der Waals surface area (Å²) >= 11 is 6.78. The number of esters is 1. The van der Waals surface area contributed by atoms with Crippen molar-refractivity contribution in [3.05, 3.63) is 50.7 Å². The van der Waals surface area contributed by atoms with Crippen molar-refractivity contribution < 1.29 is 23.1 Å². The highest BCUT2D eigenvalue weighted by Gasteiger charge is 2.19. The lowest BCUT2D eigenvalue weighted by atomic mass is 10.2. The number of anilines is 1. The highest BCUT2D eigenvalue weighted by atomic mass is 35.5. The van der Waals surface area contributed by atoms with Gasteiger partial charge < -0.3 is 10.1 Å². The molecule has 0 aliphatic heterocycles. The van der Waals surface area contributed by atoms with E-state index in [-0.39, 0.29) is 21.2 Å². The molecular formula is C13H8ClF2NO3S. The molecule has 2 rings (SSSR count). The van der Waals surface area contributed by atoms with Gasteiger partial charge in [0, 0.05) is 0 Å². The minimum atomic E-state index is -1.19. The molecule has 1 heterocycles. The summed E-state index contributed by atoms with van der Waals surface area (Å²) in [7, 11) is 1.21. The summed E-state index contributed by atoms with van der Waals surface area (Å²) in [6, 6.07) is 2.89. The molecule has 0 aliphatic rings. The number of nitrogens with one attached hydrogen (secondary N) is 1. The van der Waals surface area contributed by atoms with Crippen molar-refractivity contribution in [2.24, 2.45) is 0 Å². The van der Waals surface area contributed by atoms with Gasteiger partial charge in [0.25, 0.3) is 5.91 Å². The van der Waals surface area contributed by atoms with Crippen LogP contribution in [0.5, 0.6) is 0 Å². The number of amides is 1.